The second-order valence-electron chi connectivity index (χ2n) is 5.12. The molecule has 25 heavy (non-hydrogen) atoms. The van der Waals surface area contributed by atoms with Gasteiger partial charge in [-0.05, 0) is 48.2 Å². The standard InChI is InChI=1S/C18H15ClN4OS/c1-2-25-16-8-7-14(19)9-15(16)21-11-17-22-23-18(24-17)13-5-3-12(10-20)4-6-13/h3-9,21H,2,11H2,1H3. The van der Waals surface area contributed by atoms with Crippen LogP contribution in [0.3, 0.4) is 0 Å². The highest BCUT2D eigenvalue weighted by Gasteiger charge is 2.10. The van der Waals surface area contributed by atoms with Gasteiger partial charge >= 0.3 is 0 Å². The number of hydrogen-bond acceptors (Lipinski definition) is 6. The van der Waals surface area contributed by atoms with Crippen molar-refractivity contribution in [1.29, 1.82) is 5.26 Å². The van der Waals surface area contributed by atoms with Crippen LogP contribution in [0.25, 0.3) is 11.5 Å². The van der Waals surface area contributed by atoms with E-state index in [1.54, 1.807) is 36.0 Å². The van der Waals surface area contributed by atoms with Crippen molar-refractivity contribution < 1.29 is 4.42 Å². The van der Waals surface area contributed by atoms with E-state index < -0.39 is 0 Å². The third-order valence-electron chi connectivity index (χ3n) is 3.40. The van der Waals surface area contributed by atoms with Crippen LogP contribution in [0.5, 0.6) is 0 Å². The third-order valence-corrected chi connectivity index (χ3v) is 4.59. The van der Waals surface area contributed by atoms with E-state index in [1.165, 1.54) is 0 Å². The van der Waals surface area contributed by atoms with Crippen LogP contribution in [-0.2, 0) is 6.54 Å². The van der Waals surface area contributed by atoms with Crippen LogP contribution in [0.2, 0.25) is 5.02 Å². The number of nitrogens with zero attached hydrogens (tertiary/aromatic N) is 3. The molecular formula is C18H15ClN4OS. The molecule has 0 amide bonds. The van der Waals surface area contributed by atoms with Gasteiger partial charge in [0.25, 0.3) is 0 Å². The minimum Gasteiger partial charge on any atom is -0.419 e. The summed E-state index contributed by atoms with van der Waals surface area (Å²) in [6.45, 7) is 2.51. The predicted octanol–water partition coefficient (Wildman–Crippen LogP) is 4.99. The van der Waals surface area contributed by atoms with Gasteiger partial charge in [0.05, 0.1) is 18.2 Å². The highest BCUT2D eigenvalue weighted by atomic mass is 35.5. The van der Waals surface area contributed by atoms with E-state index in [-0.39, 0.29) is 0 Å². The first-order chi connectivity index (χ1) is 12.2. The molecule has 126 valence electrons. The van der Waals surface area contributed by atoms with E-state index in [1.807, 2.05) is 18.2 Å². The number of anilines is 1. The number of thioether (sulfide) groups is 1. The maximum atomic E-state index is 8.84. The van der Waals surface area contributed by atoms with E-state index in [0.717, 1.165) is 21.9 Å². The Bertz CT molecular complexity index is 902. The quantitative estimate of drug-likeness (QED) is 0.616. The fourth-order valence-corrected chi connectivity index (χ4v) is 3.16. The summed E-state index contributed by atoms with van der Waals surface area (Å²) in [4.78, 5) is 1.12. The minimum atomic E-state index is 0.404. The zero-order chi connectivity index (χ0) is 17.6. The molecule has 1 aromatic heterocycles. The fourth-order valence-electron chi connectivity index (χ4n) is 2.22. The van der Waals surface area contributed by atoms with E-state index in [0.29, 0.717) is 28.9 Å². The Morgan fingerprint density at radius 2 is 2.00 bits per heavy atom. The van der Waals surface area contributed by atoms with Crippen molar-refractivity contribution in [3.05, 3.63) is 58.9 Å². The maximum Gasteiger partial charge on any atom is 0.247 e. The average Bonchev–Trinajstić information content (AvgIpc) is 3.11. The van der Waals surface area contributed by atoms with Gasteiger partial charge in [-0.25, -0.2) is 0 Å². The monoisotopic (exact) mass is 370 g/mol. The summed E-state index contributed by atoms with van der Waals surface area (Å²) in [6.07, 6.45) is 0. The van der Waals surface area contributed by atoms with Gasteiger partial charge in [0, 0.05) is 21.2 Å². The Morgan fingerprint density at radius 1 is 1.20 bits per heavy atom. The number of aromatic nitrogens is 2. The molecule has 0 spiro atoms. The zero-order valence-electron chi connectivity index (χ0n) is 13.5. The Balaban J connectivity index is 1.72. The highest BCUT2D eigenvalue weighted by Crippen LogP contribution is 2.30. The number of rotatable bonds is 6. The lowest BCUT2D eigenvalue weighted by Gasteiger charge is -2.10. The van der Waals surface area contributed by atoms with Crippen LogP contribution in [0.1, 0.15) is 18.4 Å². The number of halogens is 1. The first-order valence-corrected chi connectivity index (χ1v) is 9.05. The van der Waals surface area contributed by atoms with Crippen LogP contribution in [-0.4, -0.2) is 16.0 Å². The van der Waals surface area contributed by atoms with Crippen molar-refractivity contribution in [3.63, 3.8) is 0 Å². The largest absolute Gasteiger partial charge is 0.419 e. The van der Waals surface area contributed by atoms with Gasteiger partial charge in [-0.3, -0.25) is 0 Å². The van der Waals surface area contributed by atoms with Gasteiger partial charge in [0.15, 0.2) is 0 Å². The molecule has 0 radical (unpaired) electrons. The summed E-state index contributed by atoms with van der Waals surface area (Å²) in [5, 5.41) is 20.9. The summed E-state index contributed by atoms with van der Waals surface area (Å²) < 4.78 is 5.69. The Morgan fingerprint density at radius 3 is 2.72 bits per heavy atom. The Hall–Kier alpha value is -2.49. The van der Waals surface area contributed by atoms with Crippen molar-refractivity contribution in [2.45, 2.75) is 18.4 Å². The highest BCUT2D eigenvalue weighted by molar-refractivity contribution is 7.99. The van der Waals surface area contributed by atoms with Gasteiger partial charge in [0.2, 0.25) is 11.8 Å². The molecular weight excluding hydrogens is 356 g/mol. The molecule has 0 aliphatic carbocycles. The zero-order valence-corrected chi connectivity index (χ0v) is 15.1. The van der Waals surface area contributed by atoms with E-state index in [2.05, 4.69) is 28.5 Å². The minimum absolute atomic E-state index is 0.404. The molecule has 0 saturated carbocycles. The van der Waals surface area contributed by atoms with Crippen LogP contribution in [0, 0.1) is 11.3 Å². The lowest BCUT2D eigenvalue weighted by molar-refractivity contribution is 0.515. The van der Waals surface area contributed by atoms with E-state index >= 15 is 0 Å². The summed E-state index contributed by atoms with van der Waals surface area (Å²) in [7, 11) is 0. The molecule has 2 aromatic carbocycles. The second-order valence-corrected chi connectivity index (χ2v) is 6.86. The van der Waals surface area contributed by atoms with E-state index in [4.69, 9.17) is 21.3 Å². The number of nitrogens with one attached hydrogen (secondary N) is 1. The second kappa shape index (κ2) is 8.06. The molecule has 0 saturated heterocycles. The van der Waals surface area contributed by atoms with Crippen molar-refractivity contribution in [2.24, 2.45) is 0 Å². The smallest absolute Gasteiger partial charge is 0.247 e. The van der Waals surface area contributed by atoms with Gasteiger partial charge in [-0.1, -0.05) is 18.5 Å². The van der Waals surface area contributed by atoms with E-state index in [9.17, 15) is 0 Å². The topological polar surface area (TPSA) is 74.7 Å². The van der Waals surface area contributed by atoms with Crippen molar-refractivity contribution >= 4 is 29.1 Å². The van der Waals surface area contributed by atoms with Gasteiger partial charge in [-0.15, -0.1) is 22.0 Å². The fraction of sp³-hybridized carbons (Fsp3) is 0.167. The molecule has 0 fully saturated rings. The predicted molar refractivity (Wildman–Crippen MR) is 99.6 cm³/mol. The first-order valence-electron chi connectivity index (χ1n) is 7.68. The average molecular weight is 371 g/mol. The van der Waals surface area contributed by atoms with Crippen molar-refractivity contribution in [2.75, 3.05) is 11.1 Å². The molecule has 5 nitrogen and oxygen atoms in total. The number of hydrogen-bond donors (Lipinski definition) is 1. The van der Waals surface area contributed by atoms with Gasteiger partial charge in [0.1, 0.15) is 0 Å². The molecule has 0 unspecified atom stereocenters. The normalized spacial score (nSPS) is 10.4. The lowest BCUT2D eigenvalue weighted by atomic mass is 10.1. The molecule has 3 aromatic rings. The summed E-state index contributed by atoms with van der Waals surface area (Å²) in [5.74, 6) is 1.88. The number of nitriles is 1. The van der Waals surface area contributed by atoms with Crippen molar-refractivity contribution in [3.8, 4) is 17.5 Å². The molecule has 0 atom stereocenters. The Kier molecular flexibility index (Phi) is 5.59. The molecule has 1 heterocycles. The lowest BCUT2D eigenvalue weighted by Crippen LogP contribution is -2.01. The first kappa shape index (κ1) is 17.3. The van der Waals surface area contributed by atoms with Crippen LogP contribution >= 0.6 is 23.4 Å². The maximum absolute atomic E-state index is 8.84. The summed E-state index contributed by atoms with van der Waals surface area (Å²) in [6, 6.07) is 14.9. The molecule has 7 heteroatoms. The van der Waals surface area contributed by atoms with Crippen LogP contribution in [0.4, 0.5) is 5.69 Å². The number of benzene rings is 2. The summed E-state index contributed by atoms with van der Waals surface area (Å²) in [5.41, 5.74) is 2.31. The molecule has 1 N–H and O–H groups in total. The molecule has 3 rings (SSSR count). The molecule has 0 bridgehead atoms. The van der Waals surface area contributed by atoms with Gasteiger partial charge < -0.3 is 9.73 Å². The Labute approximate surface area is 155 Å². The third kappa shape index (κ3) is 4.32. The van der Waals surface area contributed by atoms with Crippen molar-refractivity contribution in [1.82, 2.24) is 10.2 Å². The molecule has 0 aliphatic heterocycles. The van der Waals surface area contributed by atoms with Crippen LogP contribution in [0.15, 0.2) is 51.8 Å². The van der Waals surface area contributed by atoms with Gasteiger partial charge in [-0.2, -0.15) is 5.26 Å². The summed E-state index contributed by atoms with van der Waals surface area (Å²) >= 11 is 7.82. The molecule has 0 aliphatic rings. The SMILES string of the molecule is CCSc1ccc(Cl)cc1NCc1nnc(-c2ccc(C#N)cc2)o1. The van der Waals surface area contributed by atoms with Crippen LogP contribution < -0.4 is 5.32 Å².